The molecule has 1 aromatic heterocycles. The Kier molecular flexibility index (Phi) is 6.38. The summed E-state index contributed by atoms with van der Waals surface area (Å²) in [5.74, 6) is 0.357. The maximum atomic E-state index is 13.5. The fourth-order valence-electron chi connectivity index (χ4n) is 4.10. The monoisotopic (exact) mass is 479 g/mol. The van der Waals surface area contributed by atoms with E-state index in [9.17, 15) is 9.59 Å². The van der Waals surface area contributed by atoms with Crippen LogP contribution in [0.15, 0.2) is 101 Å². The Hall–Kier alpha value is -3.90. The molecule has 5 rings (SSSR count). The SMILES string of the molecule is CC(C)c1ccc(-n2c(SCC(=O)Nc3cccc4ccccc34)nc3ccccc3c2=O)cc1. The normalized spacial score (nSPS) is 11.3. The molecule has 0 bridgehead atoms. The lowest BCUT2D eigenvalue weighted by Gasteiger charge is -2.14. The number of carbonyl (C=O) groups is 1. The highest BCUT2D eigenvalue weighted by atomic mass is 32.2. The van der Waals surface area contributed by atoms with Crippen molar-refractivity contribution in [3.05, 3.63) is 107 Å². The number of carbonyl (C=O) groups excluding carboxylic acids is 1. The fraction of sp³-hybridized carbons (Fsp3) is 0.138. The summed E-state index contributed by atoms with van der Waals surface area (Å²) in [6, 6.07) is 29.0. The van der Waals surface area contributed by atoms with Crippen LogP contribution >= 0.6 is 11.8 Å². The number of nitrogens with zero attached hydrogens (tertiary/aromatic N) is 2. The highest BCUT2D eigenvalue weighted by Crippen LogP contribution is 2.25. The first-order valence-corrected chi connectivity index (χ1v) is 12.5. The molecule has 0 radical (unpaired) electrons. The van der Waals surface area contributed by atoms with Gasteiger partial charge < -0.3 is 5.32 Å². The summed E-state index contributed by atoms with van der Waals surface area (Å²) < 4.78 is 1.60. The molecule has 0 fully saturated rings. The van der Waals surface area contributed by atoms with Crippen molar-refractivity contribution in [1.82, 2.24) is 9.55 Å². The third-order valence-electron chi connectivity index (χ3n) is 5.96. The molecular weight excluding hydrogens is 454 g/mol. The molecule has 1 heterocycles. The van der Waals surface area contributed by atoms with Crippen molar-refractivity contribution in [3.8, 4) is 5.69 Å². The molecule has 0 saturated heterocycles. The molecule has 35 heavy (non-hydrogen) atoms. The molecule has 6 heteroatoms. The zero-order valence-electron chi connectivity index (χ0n) is 19.6. The van der Waals surface area contributed by atoms with E-state index < -0.39 is 0 Å². The van der Waals surface area contributed by atoms with Gasteiger partial charge in [0.1, 0.15) is 0 Å². The molecular formula is C29H25N3O2S. The highest BCUT2D eigenvalue weighted by molar-refractivity contribution is 7.99. The minimum atomic E-state index is -0.157. The van der Waals surface area contributed by atoms with E-state index in [-0.39, 0.29) is 17.2 Å². The van der Waals surface area contributed by atoms with Crippen molar-refractivity contribution >= 4 is 45.0 Å². The Morgan fingerprint density at radius 3 is 2.34 bits per heavy atom. The van der Waals surface area contributed by atoms with E-state index in [0.717, 1.165) is 22.1 Å². The summed E-state index contributed by atoms with van der Waals surface area (Å²) >= 11 is 1.25. The van der Waals surface area contributed by atoms with E-state index >= 15 is 0 Å². The zero-order valence-corrected chi connectivity index (χ0v) is 20.4. The second-order valence-electron chi connectivity index (χ2n) is 8.66. The molecule has 1 amide bonds. The first-order valence-electron chi connectivity index (χ1n) is 11.5. The van der Waals surface area contributed by atoms with E-state index in [4.69, 9.17) is 4.98 Å². The number of nitrogens with one attached hydrogen (secondary N) is 1. The summed E-state index contributed by atoms with van der Waals surface area (Å²) in [4.78, 5) is 31.1. The Morgan fingerprint density at radius 2 is 1.57 bits per heavy atom. The molecule has 0 atom stereocenters. The van der Waals surface area contributed by atoms with Gasteiger partial charge in [0.2, 0.25) is 5.91 Å². The lowest BCUT2D eigenvalue weighted by molar-refractivity contribution is -0.113. The average molecular weight is 480 g/mol. The van der Waals surface area contributed by atoms with Crippen LogP contribution in [-0.2, 0) is 4.79 Å². The lowest BCUT2D eigenvalue weighted by atomic mass is 10.0. The lowest BCUT2D eigenvalue weighted by Crippen LogP contribution is -2.23. The van der Waals surface area contributed by atoms with Crippen LogP contribution < -0.4 is 10.9 Å². The van der Waals surface area contributed by atoms with Gasteiger partial charge in [-0.25, -0.2) is 4.98 Å². The minimum Gasteiger partial charge on any atom is -0.325 e. The maximum absolute atomic E-state index is 13.5. The number of hydrogen-bond donors (Lipinski definition) is 1. The predicted octanol–water partition coefficient (Wildman–Crippen LogP) is 6.39. The summed E-state index contributed by atoms with van der Waals surface area (Å²) in [7, 11) is 0. The van der Waals surface area contributed by atoms with Crippen molar-refractivity contribution in [2.24, 2.45) is 0 Å². The highest BCUT2D eigenvalue weighted by Gasteiger charge is 2.15. The number of hydrogen-bond acceptors (Lipinski definition) is 4. The predicted molar refractivity (Wildman–Crippen MR) is 145 cm³/mol. The van der Waals surface area contributed by atoms with Gasteiger partial charge in [-0.15, -0.1) is 0 Å². The van der Waals surface area contributed by atoms with Crippen LogP contribution in [0.1, 0.15) is 25.3 Å². The topological polar surface area (TPSA) is 64.0 Å². The Morgan fingerprint density at radius 1 is 0.886 bits per heavy atom. The van der Waals surface area contributed by atoms with Gasteiger partial charge in [0.25, 0.3) is 5.56 Å². The number of benzene rings is 4. The van der Waals surface area contributed by atoms with Crippen LogP contribution in [-0.4, -0.2) is 21.2 Å². The third kappa shape index (κ3) is 4.70. The molecule has 1 N–H and O–H groups in total. The number of aromatic nitrogens is 2. The van der Waals surface area contributed by atoms with E-state index in [1.165, 1.54) is 17.3 Å². The van der Waals surface area contributed by atoms with Crippen LogP contribution in [0.4, 0.5) is 5.69 Å². The van der Waals surface area contributed by atoms with Gasteiger partial charge in [0.15, 0.2) is 5.16 Å². The average Bonchev–Trinajstić information content (AvgIpc) is 2.88. The van der Waals surface area contributed by atoms with Crippen LogP contribution in [0.5, 0.6) is 0 Å². The molecule has 5 nitrogen and oxygen atoms in total. The van der Waals surface area contributed by atoms with Gasteiger partial charge in [-0.1, -0.05) is 86.3 Å². The van der Waals surface area contributed by atoms with Gasteiger partial charge in [-0.3, -0.25) is 14.2 Å². The molecule has 5 aromatic rings. The number of rotatable bonds is 6. The maximum Gasteiger partial charge on any atom is 0.266 e. The van der Waals surface area contributed by atoms with E-state index in [1.54, 1.807) is 10.6 Å². The number of thioether (sulfide) groups is 1. The van der Waals surface area contributed by atoms with Crippen molar-refractivity contribution in [2.45, 2.75) is 24.9 Å². The molecule has 0 aliphatic heterocycles. The molecule has 0 aliphatic carbocycles. The Labute approximate surface area is 207 Å². The molecule has 4 aromatic carbocycles. The zero-order chi connectivity index (χ0) is 24.4. The Bertz CT molecular complexity index is 1580. The van der Waals surface area contributed by atoms with Crippen molar-refractivity contribution in [2.75, 3.05) is 11.1 Å². The van der Waals surface area contributed by atoms with Crippen molar-refractivity contribution < 1.29 is 4.79 Å². The molecule has 0 saturated carbocycles. The van der Waals surface area contributed by atoms with Gasteiger partial charge in [0, 0.05) is 11.1 Å². The van der Waals surface area contributed by atoms with Crippen molar-refractivity contribution in [3.63, 3.8) is 0 Å². The van der Waals surface area contributed by atoms with E-state index in [1.807, 2.05) is 84.9 Å². The number of amides is 1. The van der Waals surface area contributed by atoms with E-state index in [2.05, 4.69) is 19.2 Å². The molecule has 174 valence electrons. The molecule has 0 aliphatic rings. The van der Waals surface area contributed by atoms with Crippen molar-refractivity contribution in [1.29, 1.82) is 0 Å². The standard InChI is InChI=1S/C29H25N3O2S/c1-19(2)20-14-16-22(17-15-20)32-28(34)24-11-5-6-12-26(24)31-29(32)35-18-27(33)30-25-13-7-9-21-8-3-4-10-23(21)25/h3-17,19H,18H2,1-2H3,(H,30,33). The second-order valence-corrected chi connectivity index (χ2v) is 9.60. The largest absolute Gasteiger partial charge is 0.325 e. The van der Waals surface area contributed by atoms with Crippen LogP contribution in [0.25, 0.3) is 27.4 Å². The number of fused-ring (bicyclic) bond motifs is 2. The quantitative estimate of drug-likeness (QED) is 0.226. The molecule has 0 unspecified atom stereocenters. The van der Waals surface area contributed by atoms with Gasteiger partial charge in [-0.2, -0.15) is 0 Å². The number of anilines is 1. The number of para-hydroxylation sites is 1. The summed E-state index contributed by atoms with van der Waals surface area (Å²) in [6.07, 6.45) is 0. The molecule has 0 spiro atoms. The van der Waals surface area contributed by atoms with E-state index in [0.29, 0.717) is 22.0 Å². The fourth-order valence-corrected chi connectivity index (χ4v) is 4.91. The van der Waals surface area contributed by atoms with Gasteiger partial charge in [-0.05, 0) is 47.2 Å². The van der Waals surface area contributed by atoms with Gasteiger partial charge in [0.05, 0.1) is 22.3 Å². The smallest absolute Gasteiger partial charge is 0.266 e. The van der Waals surface area contributed by atoms with Gasteiger partial charge >= 0.3 is 0 Å². The summed E-state index contributed by atoms with van der Waals surface area (Å²) in [5.41, 5.74) is 3.16. The second kappa shape index (κ2) is 9.76. The van der Waals surface area contributed by atoms with Crippen LogP contribution in [0.2, 0.25) is 0 Å². The summed E-state index contributed by atoms with van der Waals surface area (Å²) in [5, 5.41) is 6.09. The minimum absolute atomic E-state index is 0.123. The summed E-state index contributed by atoms with van der Waals surface area (Å²) in [6.45, 7) is 4.27. The Balaban J connectivity index is 1.47. The first-order chi connectivity index (χ1) is 17.0. The van der Waals surface area contributed by atoms with Crippen LogP contribution in [0.3, 0.4) is 0 Å². The van der Waals surface area contributed by atoms with Crippen LogP contribution in [0, 0.1) is 0 Å². The third-order valence-corrected chi connectivity index (χ3v) is 6.90. The first kappa shape index (κ1) is 22.9.